The Kier molecular flexibility index (Phi) is 7.92. The maximum atomic E-state index is 14.9. The highest BCUT2D eigenvalue weighted by Crippen LogP contribution is 2.32. The van der Waals surface area contributed by atoms with Gasteiger partial charge in [-0.1, -0.05) is 37.4 Å². The zero-order valence-electron chi connectivity index (χ0n) is 18.5. The highest BCUT2D eigenvalue weighted by Gasteiger charge is 2.13. The number of esters is 2. The van der Waals surface area contributed by atoms with Gasteiger partial charge in [0.2, 0.25) is 0 Å². The first-order valence-electron chi connectivity index (χ1n) is 10.3. The number of rotatable bonds is 9. The van der Waals surface area contributed by atoms with E-state index in [2.05, 4.69) is 13.2 Å². The molecule has 0 saturated carbocycles. The quantitative estimate of drug-likeness (QED) is 0.173. The van der Waals surface area contributed by atoms with Crippen LogP contribution in [-0.4, -0.2) is 25.2 Å². The largest absolute Gasteiger partial charge is 0.487 e. The molecule has 0 aromatic heterocycles. The van der Waals surface area contributed by atoms with E-state index in [4.69, 9.17) is 14.2 Å². The zero-order valence-corrected chi connectivity index (χ0v) is 18.5. The molecule has 7 heteroatoms. The molecule has 0 amide bonds. The van der Waals surface area contributed by atoms with Crippen molar-refractivity contribution in [1.29, 1.82) is 0 Å². The second-order valence-corrected chi connectivity index (χ2v) is 7.16. The minimum Gasteiger partial charge on any atom is -0.487 e. The van der Waals surface area contributed by atoms with Crippen LogP contribution in [0.1, 0.15) is 5.56 Å². The fourth-order valence-electron chi connectivity index (χ4n) is 3.24. The van der Waals surface area contributed by atoms with E-state index in [-0.39, 0.29) is 24.5 Å². The molecule has 0 heterocycles. The molecule has 174 valence electrons. The lowest BCUT2D eigenvalue weighted by Crippen LogP contribution is -2.10. The molecule has 0 aliphatic carbocycles. The van der Waals surface area contributed by atoms with Gasteiger partial charge < -0.3 is 14.2 Å². The number of aryl methyl sites for hydroxylation is 1. The van der Waals surface area contributed by atoms with E-state index in [9.17, 15) is 18.4 Å². The van der Waals surface area contributed by atoms with Crippen LogP contribution >= 0.6 is 0 Å². The van der Waals surface area contributed by atoms with Crippen LogP contribution in [0.3, 0.4) is 0 Å². The van der Waals surface area contributed by atoms with Crippen LogP contribution in [0.15, 0.2) is 79.9 Å². The van der Waals surface area contributed by atoms with Crippen LogP contribution in [0.4, 0.5) is 8.78 Å². The van der Waals surface area contributed by atoms with E-state index in [0.717, 1.165) is 23.3 Å². The Balaban J connectivity index is 1.75. The lowest BCUT2D eigenvalue weighted by atomic mass is 9.97. The van der Waals surface area contributed by atoms with Gasteiger partial charge in [-0.15, -0.1) is 0 Å². The second kappa shape index (κ2) is 11.0. The Bertz CT molecular complexity index is 1250. The first-order chi connectivity index (χ1) is 16.3. The average molecular weight is 464 g/mol. The molecule has 0 spiro atoms. The fourth-order valence-corrected chi connectivity index (χ4v) is 3.24. The number of hydrogen-bond donors (Lipinski definition) is 0. The van der Waals surface area contributed by atoms with Crippen molar-refractivity contribution in [2.45, 2.75) is 6.92 Å². The molecular weight excluding hydrogens is 442 g/mol. The summed E-state index contributed by atoms with van der Waals surface area (Å²) in [6.45, 7) is 8.36. The molecule has 0 saturated heterocycles. The Morgan fingerprint density at radius 1 is 0.824 bits per heavy atom. The van der Waals surface area contributed by atoms with Crippen LogP contribution in [0.25, 0.3) is 22.3 Å². The predicted octanol–water partition coefficient (Wildman–Crippen LogP) is 5.81. The molecule has 0 bridgehead atoms. The smallest absolute Gasteiger partial charge is 0.335 e. The Morgan fingerprint density at radius 3 is 2.12 bits per heavy atom. The van der Waals surface area contributed by atoms with Gasteiger partial charge in [-0.25, -0.2) is 18.4 Å². The average Bonchev–Trinajstić information content (AvgIpc) is 2.82. The van der Waals surface area contributed by atoms with Crippen molar-refractivity contribution in [2.24, 2.45) is 0 Å². The first kappa shape index (κ1) is 24.4. The number of benzene rings is 3. The Morgan fingerprint density at radius 2 is 1.47 bits per heavy atom. The molecule has 0 aliphatic heterocycles. The Hall–Kier alpha value is -4.26. The van der Waals surface area contributed by atoms with Gasteiger partial charge in [0.15, 0.2) is 11.6 Å². The summed E-state index contributed by atoms with van der Waals surface area (Å²) in [4.78, 5) is 22.4. The molecular formula is C27H22F2O5. The molecule has 0 unspecified atom stereocenters. The third-order valence-corrected chi connectivity index (χ3v) is 4.86. The fraction of sp³-hybridized carbons (Fsp3) is 0.111. The third kappa shape index (κ3) is 5.95. The number of carbonyl (C=O) groups excluding carboxylic acids is 2. The topological polar surface area (TPSA) is 61.8 Å². The zero-order chi connectivity index (χ0) is 24.7. The summed E-state index contributed by atoms with van der Waals surface area (Å²) < 4.78 is 44.5. The van der Waals surface area contributed by atoms with Gasteiger partial charge in [0.05, 0.1) is 0 Å². The van der Waals surface area contributed by atoms with Crippen LogP contribution in [0.2, 0.25) is 0 Å². The predicted molar refractivity (Wildman–Crippen MR) is 124 cm³/mol. The molecule has 3 aromatic carbocycles. The lowest BCUT2D eigenvalue weighted by molar-refractivity contribution is -0.138. The minimum absolute atomic E-state index is 0.0379. The number of hydrogen-bond acceptors (Lipinski definition) is 5. The van der Waals surface area contributed by atoms with Crippen molar-refractivity contribution in [3.05, 3.63) is 97.1 Å². The Labute approximate surface area is 195 Å². The summed E-state index contributed by atoms with van der Waals surface area (Å²) in [5.41, 5.74) is 2.73. The van der Waals surface area contributed by atoms with E-state index in [1.54, 1.807) is 36.4 Å². The van der Waals surface area contributed by atoms with E-state index in [1.165, 1.54) is 18.2 Å². The van der Waals surface area contributed by atoms with Gasteiger partial charge in [0.25, 0.3) is 0 Å². The van der Waals surface area contributed by atoms with Crippen LogP contribution < -0.4 is 9.47 Å². The maximum absolute atomic E-state index is 14.9. The van der Waals surface area contributed by atoms with E-state index in [0.29, 0.717) is 16.9 Å². The van der Waals surface area contributed by atoms with E-state index < -0.39 is 23.6 Å². The molecule has 0 aliphatic rings. The molecule has 0 N–H and O–H groups in total. The van der Waals surface area contributed by atoms with Gasteiger partial charge in [-0.05, 0) is 59.5 Å². The van der Waals surface area contributed by atoms with Gasteiger partial charge in [-0.3, -0.25) is 0 Å². The summed E-state index contributed by atoms with van der Waals surface area (Å²) >= 11 is 0. The second-order valence-electron chi connectivity index (χ2n) is 7.16. The van der Waals surface area contributed by atoms with Gasteiger partial charge in [-0.2, -0.15) is 0 Å². The SMILES string of the molecule is C=CC(=O)OCCOc1ccc(-c2ccc(-c3ccc(OC(=O)C=C)cc3C)cc2F)cc1F. The molecule has 0 atom stereocenters. The summed E-state index contributed by atoms with van der Waals surface area (Å²) in [7, 11) is 0. The third-order valence-electron chi connectivity index (χ3n) is 4.86. The maximum Gasteiger partial charge on any atom is 0.335 e. The lowest BCUT2D eigenvalue weighted by Gasteiger charge is -2.12. The van der Waals surface area contributed by atoms with Crippen molar-refractivity contribution < 1.29 is 32.6 Å². The summed E-state index contributed by atoms with van der Waals surface area (Å²) in [6, 6.07) is 13.8. The van der Waals surface area contributed by atoms with E-state index >= 15 is 0 Å². The molecule has 34 heavy (non-hydrogen) atoms. The monoisotopic (exact) mass is 464 g/mol. The van der Waals surface area contributed by atoms with Crippen molar-refractivity contribution in [3.8, 4) is 33.8 Å². The van der Waals surface area contributed by atoms with Crippen molar-refractivity contribution in [2.75, 3.05) is 13.2 Å². The highest BCUT2D eigenvalue weighted by atomic mass is 19.1. The molecule has 3 rings (SSSR count). The first-order valence-corrected chi connectivity index (χ1v) is 10.3. The minimum atomic E-state index is -0.670. The van der Waals surface area contributed by atoms with Crippen LogP contribution in [0.5, 0.6) is 11.5 Å². The van der Waals surface area contributed by atoms with Crippen molar-refractivity contribution in [1.82, 2.24) is 0 Å². The summed E-state index contributed by atoms with van der Waals surface area (Å²) in [5.74, 6) is -2.04. The summed E-state index contributed by atoms with van der Waals surface area (Å²) in [5, 5.41) is 0. The van der Waals surface area contributed by atoms with Crippen molar-refractivity contribution >= 4 is 11.9 Å². The van der Waals surface area contributed by atoms with Gasteiger partial charge in [0, 0.05) is 17.7 Å². The number of halogens is 2. The van der Waals surface area contributed by atoms with Gasteiger partial charge in [0.1, 0.15) is 24.8 Å². The highest BCUT2D eigenvalue weighted by molar-refractivity contribution is 5.83. The van der Waals surface area contributed by atoms with Gasteiger partial charge >= 0.3 is 11.9 Å². The normalized spacial score (nSPS) is 10.3. The molecule has 5 nitrogen and oxygen atoms in total. The van der Waals surface area contributed by atoms with Crippen LogP contribution in [-0.2, 0) is 14.3 Å². The molecule has 3 aromatic rings. The van der Waals surface area contributed by atoms with Crippen molar-refractivity contribution in [3.63, 3.8) is 0 Å². The number of carbonyl (C=O) groups is 2. The standard InChI is InChI=1S/C27H22F2O5/c1-4-26(30)33-13-12-32-25-11-7-19(16-24(25)29)22-9-6-18(15-23(22)28)21-10-8-20(14-17(21)3)34-27(31)5-2/h4-11,14-16H,1-2,12-13H2,3H3. The number of ether oxygens (including phenoxy) is 3. The molecule has 0 radical (unpaired) electrons. The molecule has 0 fully saturated rings. The summed E-state index contributed by atoms with van der Waals surface area (Å²) in [6.07, 6.45) is 2.09. The van der Waals surface area contributed by atoms with E-state index in [1.807, 2.05) is 6.92 Å². The van der Waals surface area contributed by atoms with Crippen LogP contribution in [0, 0.1) is 18.6 Å².